The number of aryl methyl sites for hydroxylation is 1. The molecule has 4 heteroatoms. The molecule has 0 saturated carbocycles. The van der Waals surface area contributed by atoms with Gasteiger partial charge in [0.1, 0.15) is 0 Å². The van der Waals surface area contributed by atoms with Crippen molar-refractivity contribution in [1.82, 2.24) is 0 Å². The number of nitrogens with two attached hydrogens (primary N) is 1. The minimum absolute atomic E-state index is 0.109. The molecule has 1 aliphatic rings. The van der Waals surface area contributed by atoms with E-state index >= 15 is 0 Å². The molecule has 2 rings (SSSR count). The number of carbonyl (C=O) groups excluding carboxylic acids is 1. The number of rotatable bonds is 2. The Bertz CT molecular complexity index is 431. The van der Waals surface area contributed by atoms with E-state index in [9.17, 15) is 4.79 Å². The number of fused-ring (bicyclic) bond motifs is 1. The quantitative estimate of drug-likeness (QED) is 0.791. The van der Waals surface area contributed by atoms with Crippen LogP contribution >= 0.6 is 12.2 Å². The average molecular weight is 234 g/mol. The van der Waals surface area contributed by atoms with E-state index < -0.39 is 0 Å². The number of anilines is 1. The summed E-state index contributed by atoms with van der Waals surface area (Å²) in [7, 11) is 0. The molecular weight excluding hydrogens is 220 g/mol. The number of hydrogen-bond donors (Lipinski definition) is 1. The van der Waals surface area contributed by atoms with Crippen LogP contribution in [0.15, 0.2) is 24.3 Å². The standard InChI is InChI=1S/C12H14N2OS/c13-11(16)8-14-10-6-2-1-4-9(10)5-3-7-12(14)15/h1-2,4,6H,3,5,7-8H2,(H2,13,16). The number of carbonyl (C=O) groups is 1. The van der Waals surface area contributed by atoms with Crippen LogP contribution in [0.4, 0.5) is 5.69 Å². The molecule has 1 aromatic carbocycles. The van der Waals surface area contributed by atoms with Gasteiger partial charge in [-0.05, 0) is 24.5 Å². The molecule has 0 spiro atoms. The number of nitrogens with zero attached hydrogens (tertiary/aromatic N) is 1. The molecule has 2 N–H and O–H groups in total. The molecular formula is C12H14N2OS. The first kappa shape index (κ1) is 11.1. The third-order valence-electron chi connectivity index (χ3n) is 2.73. The Labute approximate surface area is 100 Å². The summed E-state index contributed by atoms with van der Waals surface area (Å²) in [5.41, 5.74) is 7.69. The SMILES string of the molecule is NC(=S)CN1C(=O)CCCc2ccccc21. The van der Waals surface area contributed by atoms with Gasteiger partial charge in [0.15, 0.2) is 0 Å². The second kappa shape index (κ2) is 4.61. The lowest BCUT2D eigenvalue weighted by molar-refractivity contribution is -0.118. The summed E-state index contributed by atoms with van der Waals surface area (Å²) < 4.78 is 0. The van der Waals surface area contributed by atoms with Crippen molar-refractivity contribution in [1.29, 1.82) is 0 Å². The molecule has 0 fully saturated rings. The first-order valence-electron chi connectivity index (χ1n) is 5.35. The van der Waals surface area contributed by atoms with Crippen LogP contribution in [-0.4, -0.2) is 17.4 Å². The van der Waals surface area contributed by atoms with Crippen molar-refractivity contribution in [3.8, 4) is 0 Å². The van der Waals surface area contributed by atoms with Gasteiger partial charge in [0.2, 0.25) is 5.91 Å². The summed E-state index contributed by atoms with van der Waals surface area (Å²) in [6.45, 7) is 0.338. The molecule has 1 aliphatic heterocycles. The Morgan fingerprint density at radius 2 is 2.12 bits per heavy atom. The van der Waals surface area contributed by atoms with Crippen molar-refractivity contribution in [3.05, 3.63) is 29.8 Å². The monoisotopic (exact) mass is 234 g/mol. The Kier molecular flexibility index (Phi) is 3.19. The second-order valence-electron chi connectivity index (χ2n) is 3.93. The normalized spacial score (nSPS) is 15.5. The maximum absolute atomic E-state index is 11.9. The van der Waals surface area contributed by atoms with Crippen molar-refractivity contribution in [3.63, 3.8) is 0 Å². The van der Waals surface area contributed by atoms with Crippen molar-refractivity contribution >= 4 is 28.8 Å². The van der Waals surface area contributed by atoms with Crippen LogP contribution in [0.5, 0.6) is 0 Å². The van der Waals surface area contributed by atoms with Crippen molar-refractivity contribution in [2.24, 2.45) is 5.73 Å². The van der Waals surface area contributed by atoms with Gasteiger partial charge in [-0.2, -0.15) is 0 Å². The smallest absolute Gasteiger partial charge is 0.227 e. The highest BCUT2D eigenvalue weighted by molar-refractivity contribution is 7.80. The molecule has 1 heterocycles. The molecule has 1 aromatic rings. The van der Waals surface area contributed by atoms with Gasteiger partial charge in [0, 0.05) is 12.1 Å². The van der Waals surface area contributed by atoms with Gasteiger partial charge in [-0.3, -0.25) is 4.79 Å². The lowest BCUT2D eigenvalue weighted by atomic mass is 10.1. The second-order valence-corrected chi connectivity index (χ2v) is 4.45. The van der Waals surface area contributed by atoms with Gasteiger partial charge in [-0.1, -0.05) is 30.4 Å². The zero-order valence-electron chi connectivity index (χ0n) is 8.98. The molecule has 0 atom stereocenters. The van der Waals surface area contributed by atoms with E-state index in [1.807, 2.05) is 18.2 Å². The summed E-state index contributed by atoms with van der Waals surface area (Å²) in [5, 5.41) is 0. The minimum Gasteiger partial charge on any atom is -0.392 e. The van der Waals surface area contributed by atoms with E-state index in [2.05, 4.69) is 6.07 Å². The molecule has 0 unspecified atom stereocenters. The van der Waals surface area contributed by atoms with Crippen LogP contribution in [0.1, 0.15) is 18.4 Å². The van der Waals surface area contributed by atoms with E-state index in [1.165, 1.54) is 5.56 Å². The van der Waals surface area contributed by atoms with Crippen LogP contribution in [0.2, 0.25) is 0 Å². The molecule has 0 aromatic heterocycles. The summed E-state index contributed by atoms with van der Waals surface area (Å²) in [6.07, 6.45) is 2.40. The van der Waals surface area contributed by atoms with Gasteiger partial charge < -0.3 is 10.6 Å². The lowest BCUT2D eigenvalue weighted by Gasteiger charge is -2.22. The van der Waals surface area contributed by atoms with Gasteiger partial charge in [-0.25, -0.2) is 0 Å². The number of thiocarbonyl (C=S) groups is 1. The highest BCUT2D eigenvalue weighted by Crippen LogP contribution is 2.26. The molecule has 0 saturated heterocycles. The van der Waals surface area contributed by atoms with E-state index in [1.54, 1.807) is 4.90 Å². The Morgan fingerprint density at radius 3 is 2.88 bits per heavy atom. The van der Waals surface area contributed by atoms with E-state index in [-0.39, 0.29) is 5.91 Å². The molecule has 3 nitrogen and oxygen atoms in total. The Morgan fingerprint density at radius 1 is 1.38 bits per heavy atom. The lowest BCUT2D eigenvalue weighted by Crippen LogP contribution is -2.37. The summed E-state index contributed by atoms with van der Waals surface area (Å²) in [5.74, 6) is 0.109. The van der Waals surface area contributed by atoms with Gasteiger partial charge >= 0.3 is 0 Å². The van der Waals surface area contributed by atoms with Crippen LogP contribution in [0.3, 0.4) is 0 Å². The average Bonchev–Trinajstić information content (AvgIpc) is 2.40. The van der Waals surface area contributed by atoms with Crippen molar-refractivity contribution in [2.45, 2.75) is 19.3 Å². The Balaban J connectivity index is 2.39. The summed E-state index contributed by atoms with van der Waals surface area (Å²) in [6, 6.07) is 7.94. The number of amides is 1. The first-order chi connectivity index (χ1) is 7.68. The molecule has 0 aliphatic carbocycles. The fourth-order valence-corrected chi connectivity index (χ4v) is 2.14. The zero-order valence-corrected chi connectivity index (χ0v) is 9.80. The van der Waals surface area contributed by atoms with Crippen LogP contribution in [0, 0.1) is 0 Å². The highest BCUT2D eigenvalue weighted by Gasteiger charge is 2.21. The fourth-order valence-electron chi connectivity index (χ4n) is 2.01. The number of para-hydroxylation sites is 1. The highest BCUT2D eigenvalue weighted by atomic mass is 32.1. The van der Waals surface area contributed by atoms with E-state index in [0.717, 1.165) is 18.5 Å². The van der Waals surface area contributed by atoms with Crippen molar-refractivity contribution < 1.29 is 4.79 Å². The van der Waals surface area contributed by atoms with Crippen LogP contribution in [-0.2, 0) is 11.2 Å². The number of benzene rings is 1. The Hall–Kier alpha value is -1.42. The van der Waals surface area contributed by atoms with E-state index in [4.69, 9.17) is 18.0 Å². The minimum atomic E-state index is 0.109. The van der Waals surface area contributed by atoms with E-state index in [0.29, 0.717) is 18.0 Å². The molecule has 16 heavy (non-hydrogen) atoms. The molecule has 0 radical (unpaired) electrons. The molecule has 84 valence electrons. The summed E-state index contributed by atoms with van der Waals surface area (Å²) >= 11 is 4.89. The number of hydrogen-bond acceptors (Lipinski definition) is 2. The summed E-state index contributed by atoms with van der Waals surface area (Å²) in [4.78, 5) is 14.0. The first-order valence-corrected chi connectivity index (χ1v) is 5.76. The maximum Gasteiger partial charge on any atom is 0.227 e. The third kappa shape index (κ3) is 2.22. The maximum atomic E-state index is 11.9. The topological polar surface area (TPSA) is 46.3 Å². The van der Waals surface area contributed by atoms with Crippen molar-refractivity contribution in [2.75, 3.05) is 11.4 Å². The predicted octanol–water partition coefficient (Wildman–Crippen LogP) is 1.64. The fraction of sp³-hybridized carbons (Fsp3) is 0.333. The van der Waals surface area contributed by atoms with Crippen LogP contribution in [0.25, 0.3) is 0 Å². The molecule has 0 bridgehead atoms. The zero-order chi connectivity index (χ0) is 11.5. The largest absolute Gasteiger partial charge is 0.392 e. The van der Waals surface area contributed by atoms with Crippen LogP contribution < -0.4 is 10.6 Å². The molecule has 1 amide bonds. The van der Waals surface area contributed by atoms with Gasteiger partial charge in [0.05, 0.1) is 11.5 Å². The predicted molar refractivity (Wildman–Crippen MR) is 68.5 cm³/mol. The van der Waals surface area contributed by atoms with Gasteiger partial charge in [0.25, 0.3) is 0 Å². The van der Waals surface area contributed by atoms with Gasteiger partial charge in [-0.15, -0.1) is 0 Å². The third-order valence-corrected chi connectivity index (χ3v) is 2.86.